The molecule has 3 aromatic rings. The molecule has 1 heterocycles. The number of halogens is 1. The second-order valence-electron chi connectivity index (χ2n) is 6.17. The lowest BCUT2D eigenvalue weighted by Gasteiger charge is -2.07. The maximum atomic E-state index is 13.0. The van der Waals surface area contributed by atoms with Gasteiger partial charge in [-0.1, -0.05) is 17.3 Å². The monoisotopic (exact) mass is 398 g/mol. The highest BCUT2D eigenvalue weighted by Crippen LogP contribution is 2.17. The Hall–Kier alpha value is -4.08. The fraction of sp³-hybridized carbons (Fsp3) is 0.105. The summed E-state index contributed by atoms with van der Waals surface area (Å²) in [5.41, 5.74) is 0.615. The molecule has 2 aromatic carbocycles. The minimum Gasteiger partial charge on any atom is -0.478 e. The van der Waals surface area contributed by atoms with E-state index in [1.54, 1.807) is 19.1 Å². The number of benzene rings is 2. The van der Waals surface area contributed by atoms with Crippen LogP contribution in [-0.2, 0) is 6.54 Å². The van der Waals surface area contributed by atoms with Crippen LogP contribution in [0, 0.1) is 12.7 Å². The Morgan fingerprint density at radius 3 is 2.17 bits per heavy atom. The molecule has 3 N–H and O–H groups in total. The SMILES string of the molecule is Cc1c(C(=O)Nc2cc(C(=O)O)cc(C(=O)O)c2)nnn1Cc1ccc(F)cc1. The predicted molar refractivity (Wildman–Crippen MR) is 98.6 cm³/mol. The third kappa shape index (κ3) is 4.43. The van der Waals surface area contributed by atoms with Crippen LogP contribution in [-0.4, -0.2) is 43.1 Å². The Balaban J connectivity index is 1.83. The van der Waals surface area contributed by atoms with Gasteiger partial charge in [0, 0.05) is 5.69 Å². The van der Waals surface area contributed by atoms with Crippen LogP contribution >= 0.6 is 0 Å². The van der Waals surface area contributed by atoms with E-state index in [0.29, 0.717) is 5.69 Å². The van der Waals surface area contributed by atoms with Crippen molar-refractivity contribution in [2.45, 2.75) is 13.5 Å². The van der Waals surface area contributed by atoms with Crippen LogP contribution in [0.2, 0.25) is 0 Å². The molecule has 1 aromatic heterocycles. The van der Waals surface area contributed by atoms with E-state index in [9.17, 15) is 18.8 Å². The first kappa shape index (κ1) is 19.7. The number of carbonyl (C=O) groups excluding carboxylic acids is 1. The molecule has 0 atom stereocenters. The number of aromatic nitrogens is 3. The lowest BCUT2D eigenvalue weighted by Crippen LogP contribution is -2.15. The molecule has 0 aliphatic heterocycles. The normalized spacial score (nSPS) is 10.6. The van der Waals surface area contributed by atoms with Crippen LogP contribution in [0.3, 0.4) is 0 Å². The number of carbonyl (C=O) groups is 3. The van der Waals surface area contributed by atoms with Crippen molar-refractivity contribution in [1.82, 2.24) is 15.0 Å². The van der Waals surface area contributed by atoms with Gasteiger partial charge in [0.1, 0.15) is 5.82 Å². The van der Waals surface area contributed by atoms with Crippen LogP contribution in [0.4, 0.5) is 10.1 Å². The zero-order valence-electron chi connectivity index (χ0n) is 15.1. The van der Waals surface area contributed by atoms with Gasteiger partial charge in [-0.15, -0.1) is 5.10 Å². The zero-order valence-corrected chi connectivity index (χ0v) is 15.1. The molecular formula is C19H15FN4O5. The second-order valence-corrected chi connectivity index (χ2v) is 6.17. The third-order valence-corrected chi connectivity index (χ3v) is 4.13. The summed E-state index contributed by atoms with van der Waals surface area (Å²) in [5.74, 6) is -3.70. The molecule has 0 radical (unpaired) electrons. The standard InChI is InChI=1S/C19H15FN4O5/c1-10-16(22-23-24(10)9-11-2-4-14(20)5-3-11)17(25)21-15-7-12(18(26)27)6-13(8-15)19(28)29/h2-8H,9H2,1H3,(H,21,25)(H,26,27)(H,28,29). The van der Waals surface area contributed by atoms with Gasteiger partial charge in [0.15, 0.2) is 5.69 Å². The van der Waals surface area contributed by atoms with Gasteiger partial charge < -0.3 is 15.5 Å². The van der Waals surface area contributed by atoms with Gasteiger partial charge in [0.25, 0.3) is 5.91 Å². The van der Waals surface area contributed by atoms with Gasteiger partial charge in [-0.2, -0.15) is 0 Å². The fourth-order valence-corrected chi connectivity index (χ4v) is 2.62. The Morgan fingerprint density at radius 2 is 1.62 bits per heavy atom. The van der Waals surface area contributed by atoms with Gasteiger partial charge in [0.2, 0.25) is 0 Å². The molecule has 0 aliphatic carbocycles. The minimum atomic E-state index is -1.33. The molecule has 9 nitrogen and oxygen atoms in total. The number of nitrogens with one attached hydrogen (secondary N) is 1. The Kier molecular flexibility index (Phi) is 5.35. The topological polar surface area (TPSA) is 134 Å². The molecule has 0 saturated carbocycles. The van der Waals surface area contributed by atoms with Gasteiger partial charge >= 0.3 is 11.9 Å². The van der Waals surface area contributed by atoms with Crippen molar-refractivity contribution in [1.29, 1.82) is 0 Å². The van der Waals surface area contributed by atoms with Gasteiger partial charge in [0.05, 0.1) is 23.4 Å². The maximum Gasteiger partial charge on any atom is 0.335 e. The summed E-state index contributed by atoms with van der Waals surface area (Å²) < 4.78 is 14.5. The van der Waals surface area contributed by atoms with E-state index in [1.807, 2.05) is 0 Å². The number of hydrogen-bond acceptors (Lipinski definition) is 5. The van der Waals surface area contributed by atoms with Gasteiger partial charge in [-0.25, -0.2) is 18.7 Å². The average molecular weight is 398 g/mol. The summed E-state index contributed by atoms with van der Waals surface area (Å²) in [6, 6.07) is 9.07. The van der Waals surface area contributed by atoms with Crippen molar-refractivity contribution in [3.8, 4) is 0 Å². The van der Waals surface area contributed by atoms with Crippen LogP contribution in [0.15, 0.2) is 42.5 Å². The number of anilines is 1. The van der Waals surface area contributed by atoms with Crippen molar-refractivity contribution in [2.75, 3.05) is 5.32 Å². The second kappa shape index (κ2) is 7.89. The number of hydrogen-bond donors (Lipinski definition) is 3. The summed E-state index contributed by atoms with van der Waals surface area (Å²) in [7, 11) is 0. The lowest BCUT2D eigenvalue weighted by molar-refractivity contribution is 0.0696. The number of carboxylic acids is 2. The molecule has 3 rings (SSSR count). The largest absolute Gasteiger partial charge is 0.478 e. The summed E-state index contributed by atoms with van der Waals surface area (Å²) in [6.45, 7) is 1.89. The molecule has 0 aliphatic rings. The quantitative estimate of drug-likeness (QED) is 0.580. The average Bonchev–Trinajstić information content (AvgIpc) is 3.03. The van der Waals surface area contributed by atoms with E-state index in [4.69, 9.17) is 10.2 Å². The summed E-state index contributed by atoms with van der Waals surface area (Å²) in [4.78, 5) is 34.9. The molecule has 0 saturated heterocycles. The highest BCUT2D eigenvalue weighted by Gasteiger charge is 2.19. The molecule has 0 unspecified atom stereocenters. The highest BCUT2D eigenvalue weighted by atomic mass is 19.1. The van der Waals surface area contributed by atoms with Crippen molar-refractivity contribution in [3.05, 3.63) is 76.4 Å². The van der Waals surface area contributed by atoms with E-state index >= 15 is 0 Å². The summed E-state index contributed by atoms with van der Waals surface area (Å²) >= 11 is 0. The van der Waals surface area contributed by atoms with E-state index in [-0.39, 0.29) is 34.9 Å². The number of nitrogens with zero attached hydrogens (tertiary/aromatic N) is 3. The molecular weight excluding hydrogens is 383 g/mol. The van der Waals surface area contributed by atoms with Crippen molar-refractivity contribution < 1.29 is 29.0 Å². The molecule has 0 fully saturated rings. The van der Waals surface area contributed by atoms with E-state index in [2.05, 4.69) is 15.6 Å². The van der Waals surface area contributed by atoms with E-state index in [1.165, 1.54) is 16.8 Å². The Morgan fingerprint density at radius 1 is 1.03 bits per heavy atom. The first-order valence-electron chi connectivity index (χ1n) is 8.32. The molecule has 148 valence electrons. The summed E-state index contributed by atoms with van der Waals surface area (Å²) in [5, 5.41) is 28.4. The van der Waals surface area contributed by atoms with E-state index < -0.39 is 17.8 Å². The van der Waals surface area contributed by atoms with Crippen LogP contribution in [0.1, 0.15) is 42.5 Å². The lowest BCUT2D eigenvalue weighted by atomic mass is 10.1. The number of amides is 1. The fourth-order valence-electron chi connectivity index (χ4n) is 2.62. The zero-order chi connectivity index (χ0) is 21.1. The molecule has 1 amide bonds. The van der Waals surface area contributed by atoms with E-state index in [0.717, 1.165) is 23.8 Å². The van der Waals surface area contributed by atoms with Crippen LogP contribution < -0.4 is 5.32 Å². The number of rotatable bonds is 6. The first-order valence-corrected chi connectivity index (χ1v) is 8.32. The molecule has 29 heavy (non-hydrogen) atoms. The smallest absolute Gasteiger partial charge is 0.335 e. The van der Waals surface area contributed by atoms with Crippen molar-refractivity contribution in [2.24, 2.45) is 0 Å². The number of aromatic carboxylic acids is 2. The Labute approximate surface area is 163 Å². The molecule has 0 spiro atoms. The van der Waals surface area contributed by atoms with Crippen LogP contribution in [0.25, 0.3) is 0 Å². The van der Waals surface area contributed by atoms with Crippen LogP contribution in [0.5, 0.6) is 0 Å². The molecule has 10 heteroatoms. The third-order valence-electron chi connectivity index (χ3n) is 4.13. The van der Waals surface area contributed by atoms with Crippen molar-refractivity contribution in [3.63, 3.8) is 0 Å². The number of carboxylic acid groups (broad SMARTS) is 2. The van der Waals surface area contributed by atoms with Gasteiger partial charge in [-0.05, 0) is 42.8 Å². The Bertz CT molecular complexity index is 1080. The first-order chi connectivity index (χ1) is 13.7. The van der Waals surface area contributed by atoms with Gasteiger partial charge in [-0.3, -0.25) is 4.79 Å². The van der Waals surface area contributed by atoms with Crippen molar-refractivity contribution >= 4 is 23.5 Å². The minimum absolute atomic E-state index is 0.000199. The summed E-state index contributed by atoms with van der Waals surface area (Å²) in [6.07, 6.45) is 0. The highest BCUT2D eigenvalue weighted by molar-refractivity contribution is 6.05. The molecule has 0 bridgehead atoms. The predicted octanol–water partition coefficient (Wildman–Crippen LogP) is 2.42. The maximum absolute atomic E-state index is 13.0.